The molecule has 1 aliphatic rings. The Morgan fingerprint density at radius 1 is 1.40 bits per heavy atom. The van der Waals surface area contributed by atoms with E-state index >= 15 is 0 Å². The lowest BCUT2D eigenvalue weighted by atomic mass is 10.0. The molecule has 1 atom stereocenters. The average molecular weight is 276 g/mol. The van der Waals surface area contributed by atoms with Gasteiger partial charge in [-0.25, -0.2) is 0 Å². The molecule has 1 N–H and O–H groups in total. The molecule has 1 heterocycles. The van der Waals surface area contributed by atoms with Gasteiger partial charge in [0.25, 0.3) is 0 Å². The van der Waals surface area contributed by atoms with E-state index in [2.05, 4.69) is 24.4 Å². The second-order valence-electron chi connectivity index (χ2n) is 5.45. The van der Waals surface area contributed by atoms with Gasteiger partial charge in [0, 0.05) is 32.1 Å². The summed E-state index contributed by atoms with van der Waals surface area (Å²) in [5.41, 5.74) is 1.23. The van der Waals surface area contributed by atoms with E-state index in [0.717, 1.165) is 31.7 Å². The number of carbonyl (C=O) groups is 1. The quantitative estimate of drug-likeness (QED) is 0.918. The summed E-state index contributed by atoms with van der Waals surface area (Å²) in [4.78, 5) is 13.2. The Morgan fingerprint density at radius 2 is 2.10 bits per heavy atom. The zero-order valence-electron chi connectivity index (χ0n) is 12.6. The third-order valence-corrected chi connectivity index (χ3v) is 4.02. The normalized spacial score (nSPS) is 17.9. The van der Waals surface area contributed by atoms with Crippen LogP contribution in [0.5, 0.6) is 5.75 Å². The number of amides is 1. The second kappa shape index (κ2) is 6.75. The number of nitrogens with one attached hydrogen (secondary N) is 1. The number of hydrogen-bond donors (Lipinski definition) is 1. The molecular weight excluding hydrogens is 252 g/mol. The van der Waals surface area contributed by atoms with Crippen molar-refractivity contribution in [2.24, 2.45) is 0 Å². The lowest BCUT2D eigenvalue weighted by Gasteiger charge is -2.33. The van der Waals surface area contributed by atoms with Crippen molar-refractivity contribution in [1.82, 2.24) is 10.2 Å². The lowest BCUT2D eigenvalue weighted by Crippen LogP contribution is -2.44. The molecule has 1 saturated heterocycles. The first-order chi connectivity index (χ1) is 9.60. The molecule has 1 aromatic rings. The molecule has 0 bridgehead atoms. The van der Waals surface area contributed by atoms with Gasteiger partial charge in [-0.1, -0.05) is 12.1 Å². The number of methoxy groups -OCH3 is 1. The summed E-state index contributed by atoms with van der Waals surface area (Å²) in [5.74, 6) is 1.08. The largest absolute Gasteiger partial charge is 0.497 e. The van der Waals surface area contributed by atoms with Crippen molar-refractivity contribution in [1.29, 1.82) is 0 Å². The monoisotopic (exact) mass is 276 g/mol. The number of rotatable bonds is 4. The van der Waals surface area contributed by atoms with Gasteiger partial charge >= 0.3 is 0 Å². The predicted molar refractivity (Wildman–Crippen MR) is 79.8 cm³/mol. The van der Waals surface area contributed by atoms with E-state index in [1.54, 1.807) is 14.0 Å². The molecule has 2 rings (SSSR count). The van der Waals surface area contributed by atoms with Crippen LogP contribution in [-0.2, 0) is 4.79 Å². The number of carbonyl (C=O) groups excluding carboxylic acids is 1. The maximum Gasteiger partial charge on any atom is 0.219 e. The SMILES string of the molecule is COc1cccc(C(C)NC2CCN(C(C)=O)CC2)c1. The first-order valence-corrected chi connectivity index (χ1v) is 7.25. The van der Waals surface area contributed by atoms with E-state index in [4.69, 9.17) is 4.74 Å². The Bertz CT molecular complexity index is 454. The fourth-order valence-electron chi connectivity index (χ4n) is 2.72. The Hall–Kier alpha value is -1.55. The zero-order valence-corrected chi connectivity index (χ0v) is 12.6. The highest BCUT2D eigenvalue weighted by atomic mass is 16.5. The minimum atomic E-state index is 0.185. The molecule has 1 unspecified atom stereocenters. The highest BCUT2D eigenvalue weighted by Gasteiger charge is 2.22. The number of benzene rings is 1. The summed E-state index contributed by atoms with van der Waals surface area (Å²) < 4.78 is 5.26. The van der Waals surface area contributed by atoms with Gasteiger partial charge < -0.3 is 15.0 Å². The maximum atomic E-state index is 11.3. The second-order valence-corrected chi connectivity index (χ2v) is 5.45. The number of piperidine rings is 1. The Kier molecular flexibility index (Phi) is 5.01. The summed E-state index contributed by atoms with van der Waals surface area (Å²) in [6.07, 6.45) is 2.04. The van der Waals surface area contributed by atoms with Crippen LogP contribution in [0, 0.1) is 0 Å². The molecule has 1 fully saturated rings. The third-order valence-electron chi connectivity index (χ3n) is 4.02. The highest BCUT2D eigenvalue weighted by molar-refractivity contribution is 5.73. The van der Waals surface area contributed by atoms with Gasteiger partial charge in [-0.2, -0.15) is 0 Å². The average Bonchev–Trinajstić information content (AvgIpc) is 2.47. The van der Waals surface area contributed by atoms with Crippen LogP contribution in [0.2, 0.25) is 0 Å². The summed E-state index contributed by atoms with van der Waals surface area (Å²) in [6.45, 7) is 5.54. The first kappa shape index (κ1) is 14.9. The van der Waals surface area contributed by atoms with Crippen LogP contribution in [0.3, 0.4) is 0 Å². The zero-order chi connectivity index (χ0) is 14.5. The molecular formula is C16H24N2O2. The minimum Gasteiger partial charge on any atom is -0.497 e. The van der Waals surface area contributed by atoms with Crippen LogP contribution in [0.4, 0.5) is 0 Å². The standard InChI is InChI=1S/C16H24N2O2/c1-12(14-5-4-6-16(11-14)20-3)17-15-7-9-18(10-8-15)13(2)19/h4-6,11-12,15,17H,7-10H2,1-3H3. The Balaban J connectivity index is 1.88. The lowest BCUT2D eigenvalue weighted by molar-refractivity contribution is -0.129. The van der Waals surface area contributed by atoms with Gasteiger partial charge in [0.1, 0.15) is 5.75 Å². The Morgan fingerprint density at radius 3 is 2.70 bits per heavy atom. The van der Waals surface area contributed by atoms with Crippen molar-refractivity contribution in [2.75, 3.05) is 20.2 Å². The van der Waals surface area contributed by atoms with Gasteiger partial charge in [0.15, 0.2) is 0 Å². The minimum absolute atomic E-state index is 0.185. The molecule has 1 aliphatic heterocycles. The number of ether oxygens (including phenoxy) is 1. The van der Waals surface area contributed by atoms with Crippen LogP contribution in [-0.4, -0.2) is 37.0 Å². The Labute approximate surface area is 121 Å². The van der Waals surface area contributed by atoms with Crippen LogP contribution in [0.15, 0.2) is 24.3 Å². The molecule has 4 nitrogen and oxygen atoms in total. The topological polar surface area (TPSA) is 41.6 Å². The highest BCUT2D eigenvalue weighted by Crippen LogP contribution is 2.21. The molecule has 20 heavy (non-hydrogen) atoms. The van der Waals surface area contributed by atoms with Crippen LogP contribution in [0.1, 0.15) is 38.3 Å². The van der Waals surface area contributed by atoms with Gasteiger partial charge in [-0.3, -0.25) is 4.79 Å². The molecule has 0 radical (unpaired) electrons. The fraction of sp³-hybridized carbons (Fsp3) is 0.562. The molecule has 1 aromatic carbocycles. The van der Waals surface area contributed by atoms with Crippen molar-refractivity contribution in [3.8, 4) is 5.75 Å². The molecule has 0 aromatic heterocycles. The maximum absolute atomic E-state index is 11.3. The summed E-state index contributed by atoms with van der Waals surface area (Å²) in [5, 5.41) is 3.65. The van der Waals surface area contributed by atoms with Crippen molar-refractivity contribution in [3.63, 3.8) is 0 Å². The molecule has 0 saturated carbocycles. The van der Waals surface area contributed by atoms with Crippen LogP contribution in [0.25, 0.3) is 0 Å². The molecule has 0 aliphatic carbocycles. The van der Waals surface area contributed by atoms with Crippen molar-refractivity contribution in [3.05, 3.63) is 29.8 Å². The summed E-state index contributed by atoms with van der Waals surface area (Å²) in [6, 6.07) is 8.94. The van der Waals surface area contributed by atoms with Crippen molar-refractivity contribution < 1.29 is 9.53 Å². The van der Waals surface area contributed by atoms with E-state index in [1.165, 1.54) is 5.56 Å². The molecule has 4 heteroatoms. The van der Waals surface area contributed by atoms with E-state index < -0.39 is 0 Å². The summed E-state index contributed by atoms with van der Waals surface area (Å²) >= 11 is 0. The van der Waals surface area contributed by atoms with Gasteiger partial charge in [-0.15, -0.1) is 0 Å². The van der Waals surface area contributed by atoms with Gasteiger partial charge in [0.05, 0.1) is 7.11 Å². The van der Waals surface area contributed by atoms with E-state index in [1.807, 2.05) is 17.0 Å². The predicted octanol–water partition coefficient (Wildman–Crippen LogP) is 2.36. The van der Waals surface area contributed by atoms with E-state index in [-0.39, 0.29) is 5.91 Å². The first-order valence-electron chi connectivity index (χ1n) is 7.25. The molecule has 110 valence electrons. The number of likely N-dealkylation sites (tertiary alicyclic amines) is 1. The van der Waals surface area contributed by atoms with E-state index in [0.29, 0.717) is 12.1 Å². The number of nitrogens with zero attached hydrogens (tertiary/aromatic N) is 1. The van der Waals surface area contributed by atoms with Gasteiger partial charge in [0.2, 0.25) is 5.91 Å². The summed E-state index contributed by atoms with van der Waals surface area (Å²) in [7, 11) is 1.69. The van der Waals surface area contributed by atoms with Crippen LogP contribution >= 0.6 is 0 Å². The van der Waals surface area contributed by atoms with Crippen LogP contribution < -0.4 is 10.1 Å². The fourth-order valence-corrected chi connectivity index (χ4v) is 2.72. The van der Waals surface area contributed by atoms with Gasteiger partial charge in [-0.05, 0) is 37.5 Å². The third kappa shape index (κ3) is 3.73. The molecule has 0 spiro atoms. The number of hydrogen-bond acceptors (Lipinski definition) is 3. The van der Waals surface area contributed by atoms with Crippen molar-refractivity contribution in [2.45, 2.75) is 38.8 Å². The molecule has 1 amide bonds. The smallest absolute Gasteiger partial charge is 0.219 e. The van der Waals surface area contributed by atoms with E-state index in [9.17, 15) is 4.79 Å². The van der Waals surface area contributed by atoms with Crippen molar-refractivity contribution >= 4 is 5.91 Å².